The van der Waals surface area contributed by atoms with Crippen LogP contribution in [0.3, 0.4) is 0 Å². The summed E-state index contributed by atoms with van der Waals surface area (Å²) in [6, 6.07) is 0. The molecule has 1 aromatic heterocycles. The number of rotatable bonds is 3. The van der Waals surface area contributed by atoms with E-state index in [2.05, 4.69) is 6.08 Å². The van der Waals surface area contributed by atoms with Crippen LogP contribution in [0.4, 0.5) is 0 Å². The Kier molecular flexibility index (Phi) is 4.72. The number of fused-ring (bicyclic) bond motifs is 3. The first-order valence-corrected chi connectivity index (χ1v) is 9.10. The zero-order valence-corrected chi connectivity index (χ0v) is 13.7. The molecule has 3 rings (SSSR count). The van der Waals surface area contributed by atoms with Crippen molar-refractivity contribution in [3.05, 3.63) is 33.5 Å². The van der Waals surface area contributed by atoms with Crippen LogP contribution in [0.25, 0.3) is 0 Å². The molecule has 0 saturated carbocycles. The summed E-state index contributed by atoms with van der Waals surface area (Å²) in [6.07, 6.45) is 12.4. The fraction of sp³-hybridized carbons (Fsp3) is 0.588. The molecule has 20 heavy (non-hydrogen) atoms. The maximum atomic E-state index is 5.93. The van der Waals surface area contributed by atoms with Gasteiger partial charge in [-0.15, -0.1) is 11.8 Å². The van der Waals surface area contributed by atoms with Gasteiger partial charge < -0.3 is 0 Å². The molecular formula is C17H22ClNS. The predicted molar refractivity (Wildman–Crippen MR) is 87.9 cm³/mol. The van der Waals surface area contributed by atoms with Crippen LogP contribution in [0.5, 0.6) is 0 Å². The van der Waals surface area contributed by atoms with Gasteiger partial charge in [0, 0.05) is 16.5 Å². The molecule has 0 aliphatic heterocycles. The van der Waals surface area contributed by atoms with E-state index in [4.69, 9.17) is 16.6 Å². The summed E-state index contributed by atoms with van der Waals surface area (Å²) in [5.41, 5.74) is 6.22. The van der Waals surface area contributed by atoms with Crippen LogP contribution in [0.1, 0.15) is 55.0 Å². The number of thioether (sulfide) groups is 1. The van der Waals surface area contributed by atoms with Crippen molar-refractivity contribution in [2.75, 3.05) is 5.75 Å². The maximum absolute atomic E-state index is 5.93. The van der Waals surface area contributed by atoms with Gasteiger partial charge in [0.15, 0.2) is 0 Å². The van der Waals surface area contributed by atoms with E-state index in [-0.39, 0.29) is 0 Å². The quantitative estimate of drug-likeness (QED) is 0.723. The van der Waals surface area contributed by atoms with Crippen molar-refractivity contribution in [2.45, 2.75) is 63.3 Å². The molecule has 2 aliphatic rings. The summed E-state index contributed by atoms with van der Waals surface area (Å²) < 4.78 is 0. The number of aromatic nitrogens is 1. The van der Waals surface area contributed by atoms with Crippen molar-refractivity contribution >= 4 is 23.4 Å². The Labute approximate surface area is 131 Å². The number of pyridine rings is 1. The lowest BCUT2D eigenvalue weighted by Gasteiger charge is -2.26. The second-order valence-electron chi connectivity index (χ2n) is 5.82. The molecule has 108 valence electrons. The van der Waals surface area contributed by atoms with Crippen LogP contribution < -0.4 is 0 Å². The molecular weight excluding hydrogens is 286 g/mol. The molecule has 0 saturated heterocycles. The van der Waals surface area contributed by atoms with E-state index >= 15 is 0 Å². The van der Waals surface area contributed by atoms with E-state index in [9.17, 15) is 0 Å². The zero-order chi connectivity index (χ0) is 13.9. The van der Waals surface area contributed by atoms with E-state index in [0.29, 0.717) is 0 Å². The lowest BCUT2D eigenvalue weighted by Crippen LogP contribution is -2.16. The molecule has 0 bridgehead atoms. The van der Waals surface area contributed by atoms with E-state index in [1.165, 1.54) is 62.1 Å². The fourth-order valence-corrected chi connectivity index (χ4v) is 4.59. The largest absolute Gasteiger partial charge is 0.246 e. The molecule has 0 atom stereocenters. The van der Waals surface area contributed by atoms with Crippen molar-refractivity contribution in [3.8, 4) is 0 Å². The lowest BCUT2D eigenvalue weighted by molar-refractivity contribution is 0.610. The first-order chi connectivity index (χ1) is 9.75. The van der Waals surface area contributed by atoms with Crippen molar-refractivity contribution in [2.24, 2.45) is 0 Å². The van der Waals surface area contributed by atoms with Gasteiger partial charge in [-0.25, -0.2) is 4.98 Å². The van der Waals surface area contributed by atoms with Gasteiger partial charge in [0.25, 0.3) is 0 Å². The Morgan fingerprint density at radius 2 is 1.70 bits per heavy atom. The van der Waals surface area contributed by atoms with Gasteiger partial charge in [-0.1, -0.05) is 17.7 Å². The highest BCUT2D eigenvalue weighted by Gasteiger charge is 2.23. The van der Waals surface area contributed by atoms with Gasteiger partial charge in [-0.3, -0.25) is 0 Å². The molecule has 2 aliphatic carbocycles. The maximum Gasteiger partial charge on any atom is 0.100 e. The highest BCUT2D eigenvalue weighted by Crippen LogP contribution is 2.36. The van der Waals surface area contributed by atoms with Gasteiger partial charge in [-0.2, -0.15) is 0 Å². The number of nitrogens with zero attached hydrogens (tertiary/aromatic N) is 1. The second kappa shape index (κ2) is 6.53. The number of aryl methyl sites for hydroxylation is 1. The lowest BCUT2D eigenvalue weighted by atomic mass is 9.84. The van der Waals surface area contributed by atoms with Gasteiger partial charge in [0.1, 0.15) is 5.03 Å². The van der Waals surface area contributed by atoms with E-state index < -0.39 is 0 Å². The topological polar surface area (TPSA) is 12.9 Å². The van der Waals surface area contributed by atoms with Crippen molar-refractivity contribution in [3.63, 3.8) is 0 Å². The molecule has 0 amide bonds. The monoisotopic (exact) mass is 307 g/mol. The molecule has 0 fully saturated rings. The average Bonchev–Trinajstić information content (AvgIpc) is 2.47. The molecule has 0 aromatic carbocycles. The first kappa shape index (κ1) is 14.5. The van der Waals surface area contributed by atoms with Gasteiger partial charge >= 0.3 is 0 Å². The van der Waals surface area contributed by atoms with Crippen LogP contribution in [-0.2, 0) is 25.7 Å². The molecule has 1 nitrogen and oxygen atoms in total. The van der Waals surface area contributed by atoms with Crippen LogP contribution in [-0.4, -0.2) is 10.7 Å². The SMILES string of the molecule is C/C(Cl)=C\CSc1nc2c(c3c1CCCC3)CCCC2. The summed E-state index contributed by atoms with van der Waals surface area (Å²) in [6.45, 7) is 1.94. The summed E-state index contributed by atoms with van der Waals surface area (Å²) in [5, 5.41) is 2.17. The third-order valence-electron chi connectivity index (χ3n) is 4.35. The van der Waals surface area contributed by atoms with Gasteiger partial charge in [-0.05, 0) is 75.0 Å². The zero-order valence-electron chi connectivity index (χ0n) is 12.2. The van der Waals surface area contributed by atoms with Crippen LogP contribution in [0, 0.1) is 0 Å². The van der Waals surface area contributed by atoms with Crippen LogP contribution in [0.2, 0.25) is 0 Å². The number of allylic oxidation sites excluding steroid dienone is 1. The highest BCUT2D eigenvalue weighted by molar-refractivity contribution is 7.99. The minimum absolute atomic E-state index is 0.879. The third kappa shape index (κ3) is 3.07. The van der Waals surface area contributed by atoms with Crippen molar-refractivity contribution < 1.29 is 0 Å². The van der Waals surface area contributed by atoms with Gasteiger partial charge in [0.05, 0.1) is 0 Å². The molecule has 1 heterocycles. The molecule has 3 heteroatoms. The summed E-state index contributed by atoms with van der Waals surface area (Å²) in [7, 11) is 0. The summed E-state index contributed by atoms with van der Waals surface area (Å²) in [5.74, 6) is 0.938. The molecule has 0 spiro atoms. The van der Waals surface area contributed by atoms with Crippen LogP contribution >= 0.6 is 23.4 Å². The number of hydrogen-bond acceptors (Lipinski definition) is 2. The minimum atomic E-state index is 0.879. The van der Waals surface area contributed by atoms with E-state index in [0.717, 1.165) is 10.8 Å². The predicted octanol–water partition coefficient (Wildman–Crippen LogP) is 5.07. The van der Waals surface area contributed by atoms with Crippen molar-refractivity contribution in [1.29, 1.82) is 0 Å². The average molecular weight is 308 g/mol. The Balaban J connectivity index is 1.94. The summed E-state index contributed by atoms with van der Waals surface area (Å²) >= 11 is 7.79. The van der Waals surface area contributed by atoms with Crippen LogP contribution in [0.15, 0.2) is 16.1 Å². The normalized spacial score (nSPS) is 18.6. The summed E-state index contributed by atoms with van der Waals surface area (Å²) in [4.78, 5) is 5.01. The molecule has 0 unspecified atom stereocenters. The smallest absolute Gasteiger partial charge is 0.100 e. The van der Waals surface area contributed by atoms with E-state index in [1.807, 2.05) is 18.7 Å². The first-order valence-electron chi connectivity index (χ1n) is 7.74. The molecule has 1 aromatic rings. The Hall–Kier alpha value is -0.470. The van der Waals surface area contributed by atoms with Gasteiger partial charge in [0.2, 0.25) is 0 Å². The number of hydrogen-bond donors (Lipinski definition) is 0. The van der Waals surface area contributed by atoms with E-state index in [1.54, 1.807) is 16.7 Å². The third-order valence-corrected chi connectivity index (χ3v) is 5.45. The number of halogens is 1. The fourth-order valence-electron chi connectivity index (χ4n) is 3.36. The Morgan fingerprint density at radius 1 is 1.05 bits per heavy atom. The Bertz CT molecular complexity index is 532. The highest BCUT2D eigenvalue weighted by atomic mass is 35.5. The Morgan fingerprint density at radius 3 is 2.45 bits per heavy atom. The minimum Gasteiger partial charge on any atom is -0.246 e. The molecule has 0 N–H and O–H groups in total. The molecule has 0 radical (unpaired) electrons. The second-order valence-corrected chi connectivity index (χ2v) is 7.42. The van der Waals surface area contributed by atoms with Crippen molar-refractivity contribution in [1.82, 2.24) is 4.98 Å². The standard InChI is InChI=1S/C17H22ClNS/c1-12(18)10-11-20-17-15-8-3-2-6-13(15)14-7-4-5-9-16(14)19-17/h10H,2-9,11H2,1H3/b12-10+.